The highest BCUT2D eigenvalue weighted by atomic mass is 16.5. The number of rotatable bonds is 7. The highest BCUT2D eigenvalue weighted by Gasteiger charge is 2.41. The van der Waals surface area contributed by atoms with Gasteiger partial charge < -0.3 is 15.0 Å². The summed E-state index contributed by atoms with van der Waals surface area (Å²) >= 11 is 0. The largest absolute Gasteiger partial charge is 0.497 e. The number of hydrogen-bond acceptors (Lipinski definition) is 5. The van der Waals surface area contributed by atoms with Crippen LogP contribution < -0.4 is 19.9 Å². The molecule has 1 N–H and O–H groups in total. The second-order valence-corrected chi connectivity index (χ2v) is 10.1. The van der Waals surface area contributed by atoms with E-state index in [1.54, 1.807) is 7.11 Å². The van der Waals surface area contributed by atoms with Crippen LogP contribution in [-0.4, -0.2) is 31.9 Å². The number of carbonyl (C=O) groups excluding carboxylic acids is 2. The highest BCUT2D eigenvalue weighted by Crippen LogP contribution is 2.47. The number of amides is 1. The summed E-state index contributed by atoms with van der Waals surface area (Å²) in [4.78, 5) is 31.7. The SMILES string of the molecule is CCC(=O)N1c2ccccc2NC2=C(C(=O)C[C@@H](c3ccc(N(CC)CC)cc3)C2)[C@H]1c1ccc(OC)cc1. The number of ether oxygens (including phenoxy) is 1. The molecule has 0 bridgehead atoms. The van der Waals surface area contributed by atoms with Gasteiger partial charge in [0, 0.05) is 42.9 Å². The summed E-state index contributed by atoms with van der Waals surface area (Å²) in [7, 11) is 1.63. The molecule has 1 aliphatic heterocycles. The predicted octanol–water partition coefficient (Wildman–Crippen LogP) is 6.85. The fourth-order valence-electron chi connectivity index (χ4n) is 5.92. The van der Waals surface area contributed by atoms with Crippen LogP contribution in [0.1, 0.15) is 63.1 Å². The summed E-state index contributed by atoms with van der Waals surface area (Å²) < 4.78 is 5.39. The molecule has 3 aromatic rings. The molecule has 1 aliphatic carbocycles. The number of nitrogens with zero attached hydrogens (tertiary/aromatic N) is 2. The number of hydrogen-bond donors (Lipinski definition) is 1. The van der Waals surface area contributed by atoms with Crippen molar-refractivity contribution in [1.29, 1.82) is 0 Å². The first-order valence-corrected chi connectivity index (χ1v) is 13.9. The van der Waals surface area contributed by atoms with Gasteiger partial charge in [-0.05, 0) is 73.7 Å². The summed E-state index contributed by atoms with van der Waals surface area (Å²) in [6, 6.07) is 23.7. The molecular weight excluding hydrogens is 486 g/mol. The van der Waals surface area contributed by atoms with Gasteiger partial charge in [0.05, 0.1) is 24.5 Å². The van der Waals surface area contributed by atoms with Crippen molar-refractivity contribution in [2.75, 3.05) is 35.3 Å². The van der Waals surface area contributed by atoms with E-state index in [2.05, 4.69) is 48.3 Å². The van der Waals surface area contributed by atoms with Gasteiger partial charge in [0.2, 0.25) is 5.91 Å². The molecule has 0 saturated carbocycles. The Morgan fingerprint density at radius 3 is 2.23 bits per heavy atom. The van der Waals surface area contributed by atoms with Crippen LogP contribution in [0.3, 0.4) is 0 Å². The van der Waals surface area contributed by atoms with Crippen molar-refractivity contribution >= 4 is 28.8 Å². The van der Waals surface area contributed by atoms with E-state index in [1.807, 2.05) is 60.4 Å². The second-order valence-electron chi connectivity index (χ2n) is 10.1. The van der Waals surface area contributed by atoms with E-state index in [1.165, 1.54) is 5.69 Å². The lowest BCUT2D eigenvalue weighted by atomic mass is 9.78. The van der Waals surface area contributed by atoms with Crippen LogP contribution in [0.25, 0.3) is 0 Å². The van der Waals surface area contributed by atoms with Crippen molar-refractivity contribution < 1.29 is 14.3 Å². The number of Topliss-reactive ketones (excluding diaryl/α,β-unsaturated/α-hetero) is 1. The third-order valence-corrected chi connectivity index (χ3v) is 7.98. The first-order chi connectivity index (χ1) is 19.0. The molecule has 2 atom stereocenters. The molecule has 0 fully saturated rings. The number of allylic oxidation sites excluding steroid dienone is 1. The Hall–Kier alpha value is -4.06. The van der Waals surface area contributed by atoms with Crippen LogP contribution >= 0.6 is 0 Å². The summed E-state index contributed by atoms with van der Waals surface area (Å²) in [5, 5.41) is 3.60. The zero-order chi connectivity index (χ0) is 27.5. The minimum absolute atomic E-state index is 0.0271. The number of fused-ring (bicyclic) bond motifs is 1. The molecule has 0 spiro atoms. The molecule has 6 heteroatoms. The van der Waals surface area contributed by atoms with Crippen molar-refractivity contribution in [2.45, 2.75) is 52.0 Å². The van der Waals surface area contributed by atoms with Crippen molar-refractivity contribution in [2.24, 2.45) is 0 Å². The molecular formula is C33H37N3O3. The van der Waals surface area contributed by atoms with Crippen LogP contribution in [-0.2, 0) is 9.59 Å². The molecule has 2 aliphatic rings. The topological polar surface area (TPSA) is 61.9 Å². The average Bonchev–Trinajstić information content (AvgIpc) is 3.12. The van der Waals surface area contributed by atoms with Crippen molar-refractivity contribution in [3.05, 3.63) is 95.2 Å². The van der Waals surface area contributed by atoms with E-state index < -0.39 is 6.04 Å². The van der Waals surface area contributed by atoms with Crippen molar-refractivity contribution in [3.63, 3.8) is 0 Å². The lowest BCUT2D eigenvalue weighted by molar-refractivity contribution is -0.119. The summed E-state index contributed by atoms with van der Waals surface area (Å²) in [5.41, 5.74) is 6.44. The Morgan fingerprint density at radius 2 is 1.59 bits per heavy atom. The molecule has 6 nitrogen and oxygen atoms in total. The molecule has 39 heavy (non-hydrogen) atoms. The highest BCUT2D eigenvalue weighted by molar-refractivity contribution is 6.06. The number of anilines is 3. The number of para-hydroxylation sites is 2. The van der Waals surface area contributed by atoms with E-state index in [9.17, 15) is 9.59 Å². The van der Waals surface area contributed by atoms with Gasteiger partial charge in [-0.3, -0.25) is 14.5 Å². The lowest BCUT2D eigenvalue weighted by Gasteiger charge is -2.35. The van der Waals surface area contributed by atoms with Crippen molar-refractivity contribution in [1.82, 2.24) is 0 Å². The molecule has 0 radical (unpaired) electrons. The number of nitrogens with one attached hydrogen (secondary N) is 1. The Balaban J connectivity index is 1.61. The molecule has 202 valence electrons. The van der Waals surface area contributed by atoms with Gasteiger partial charge in [0.1, 0.15) is 5.75 Å². The minimum Gasteiger partial charge on any atom is -0.497 e. The van der Waals surface area contributed by atoms with E-state index in [-0.39, 0.29) is 17.6 Å². The summed E-state index contributed by atoms with van der Waals surface area (Å²) in [5.74, 6) is 0.841. The number of benzene rings is 3. The van der Waals surface area contributed by atoms with Gasteiger partial charge in [0.15, 0.2) is 5.78 Å². The number of ketones is 1. The predicted molar refractivity (Wildman–Crippen MR) is 158 cm³/mol. The first kappa shape index (κ1) is 26.5. The summed E-state index contributed by atoms with van der Waals surface area (Å²) in [6.07, 6.45) is 1.43. The molecule has 0 aromatic heterocycles. The zero-order valence-electron chi connectivity index (χ0n) is 23.2. The average molecular weight is 524 g/mol. The maximum absolute atomic E-state index is 14.1. The van der Waals surface area contributed by atoms with E-state index in [0.29, 0.717) is 24.8 Å². The third-order valence-electron chi connectivity index (χ3n) is 7.98. The van der Waals surface area contributed by atoms with Crippen LogP contribution in [0.2, 0.25) is 0 Å². The van der Waals surface area contributed by atoms with Gasteiger partial charge in [-0.25, -0.2) is 0 Å². The maximum atomic E-state index is 14.1. The van der Waals surface area contributed by atoms with Gasteiger partial charge in [-0.1, -0.05) is 43.3 Å². The summed E-state index contributed by atoms with van der Waals surface area (Å²) in [6.45, 7) is 8.09. The van der Waals surface area contributed by atoms with Gasteiger partial charge in [-0.2, -0.15) is 0 Å². The maximum Gasteiger partial charge on any atom is 0.227 e. The van der Waals surface area contributed by atoms with E-state index in [0.717, 1.165) is 47.0 Å². The number of methoxy groups -OCH3 is 1. The fraction of sp³-hybridized carbons (Fsp3) is 0.333. The van der Waals surface area contributed by atoms with Crippen LogP contribution in [0, 0.1) is 0 Å². The molecule has 1 heterocycles. The molecule has 5 rings (SSSR count). The third kappa shape index (κ3) is 5.03. The quantitative estimate of drug-likeness (QED) is 0.367. The Labute approximate surface area is 231 Å². The smallest absolute Gasteiger partial charge is 0.227 e. The molecule has 1 amide bonds. The van der Waals surface area contributed by atoms with Gasteiger partial charge in [0.25, 0.3) is 0 Å². The lowest BCUT2D eigenvalue weighted by Crippen LogP contribution is -2.38. The van der Waals surface area contributed by atoms with Crippen LogP contribution in [0.5, 0.6) is 5.75 Å². The van der Waals surface area contributed by atoms with Gasteiger partial charge in [-0.15, -0.1) is 0 Å². The second kappa shape index (κ2) is 11.4. The van der Waals surface area contributed by atoms with Crippen LogP contribution in [0.15, 0.2) is 84.1 Å². The normalized spacial score (nSPS) is 18.6. The zero-order valence-corrected chi connectivity index (χ0v) is 23.2. The van der Waals surface area contributed by atoms with Crippen LogP contribution in [0.4, 0.5) is 17.1 Å². The number of carbonyl (C=O) groups is 2. The molecule has 0 saturated heterocycles. The van der Waals surface area contributed by atoms with E-state index >= 15 is 0 Å². The molecule has 0 unspecified atom stereocenters. The monoisotopic (exact) mass is 523 g/mol. The fourth-order valence-corrected chi connectivity index (χ4v) is 5.92. The Kier molecular flexibility index (Phi) is 7.73. The standard InChI is InChI=1S/C33H37N3O3/c1-5-31(38)36-29-11-9-8-10-27(29)34-28-20-24(22-12-16-25(17-13-22)35(6-2)7-3)21-30(37)32(28)33(36)23-14-18-26(39-4)19-15-23/h8-19,24,33-34H,5-7,20-21H2,1-4H3/t24-,33+/m0/s1. The Morgan fingerprint density at radius 1 is 0.923 bits per heavy atom. The molecule has 3 aromatic carbocycles. The first-order valence-electron chi connectivity index (χ1n) is 13.9. The van der Waals surface area contributed by atoms with Gasteiger partial charge >= 0.3 is 0 Å². The van der Waals surface area contributed by atoms with Crippen molar-refractivity contribution in [3.8, 4) is 5.75 Å². The minimum atomic E-state index is -0.520. The Bertz CT molecular complexity index is 1370. The van der Waals surface area contributed by atoms with E-state index in [4.69, 9.17) is 4.74 Å².